The van der Waals surface area contributed by atoms with Crippen LogP contribution in [-0.2, 0) is 14.4 Å². The summed E-state index contributed by atoms with van der Waals surface area (Å²) in [7, 11) is 0. The van der Waals surface area contributed by atoms with E-state index in [-0.39, 0.29) is 0 Å². The first-order valence-electron chi connectivity index (χ1n) is 3.34. The predicted octanol–water partition coefficient (Wildman–Crippen LogP) is 1.06. The van der Waals surface area contributed by atoms with Crippen LogP contribution in [0.5, 0.6) is 0 Å². The number of alkyl halides is 3. The van der Waals surface area contributed by atoms with Gasteiger partial charge in [0.25, 0.3) is 0 Å². The molecule has 0 saturated heterocycles. The summed E-state index contributed by atoms with van der Waals surface area (Å²) in [5, 5.41) is 0. The van der Waals surface area contributed by atoms with E-state index < -0.39 is 36.4 Å². The third-order valence-corrected chi connectivity index (χ3v) is 1.12. The van der Waals surface area contributed by atoms with Gasteiger partial charge >= 0.3 is 6.18 Å². The van der Waals surface area contributed by atoms with Gasteiger partial charge in [0.2, 0.25) is 5.78 Å². The van der Waals surface area contributed by atoms with Crippen molar-refractivity contribution >= 4 is 17.3 Å². The molecule has 0 saturated carbocycles. The number of Topliss-reactive ketones (excluding diaryl/α,β-unsaturated/α-hetero) is 3. The minimum absolute atomic E-state index is 0.556. The maximum absolute atomic E-state index is 11.6. The lowest BCUT2D eigenvalue weighted by Gasteiger charge is -2.02. The summed E-state index contributed by atoms with van der Waals surface area (Å²) in [5.41, 5.74) is 0. The van der Waals surface area contributed by atoms with Gasteiger partial charge < -0.3 is 0 Å². The molecule has 0 aliphatic rings. The Kier molecular flexibility index (Phi) is 3.77. The van der Waals surface area contributed by atoms with Crippen LogP contribution < -0.4 is 0 Å². The molecule has 6 heteroatoms. The third-order valence-electron chi connectivity index (χ3n) is 1.12. The van der Waals surface area contributed by atoms with E-state index in [1.807, 2.05) is 0 Å². The highest BCUT2D eigenvalue weighted by atomic mass is 19.4. The molecule has 0 spiro atoms. The number of halogens is 3. The van der Waals surface area contributed by atoms with E-state index in [0.717, 1.165) is 6.92 Å². The molecule has 0 rings (SSSR count). The van der Waals surface area contributed by atoms with Crippen molar-refractivity contribution < 1.29 is 27.6 Å². The molecule has 0 unspecified atom stereocenters. The van der Waals surface area contributed by atoms with Crippen molar-refractivity contribution in [3.05, 3.63) is 0 Å². The fraction of sp³-hybridized carbons (Fsp3) is 0.571. The normalized spacial score (nSPS) is 11.1. The van der Waals surface area contributed by atoms with Crippen LogP contribution in [0.3, 0.4) is 0 Å². The van der Waals surface area contributed by atoms with Crippen LogP contribution in [0.4, 0.5) is 13.2 Å². The summed E-state index contributed by atoms with van der Waals surface area (Å²) in [6.07, 6.45) is -6.86. The SMILES string of the molecule is CC(=O)CC(=O)CC(=O)C(F)(F)F. The topological polar surface area (TPSA) is 51.2 Å². The predicted molar refractivity (Wildman–Crippen MR) is 36.0 cm³/mol. The highest BCUT2D eigenvalue weighted by molar-refractivity contribution is 6.08. The summed E-state index contributed by atoms with van der Waals surface area (Å²) in [4.78, 5) is 31.0. The lowest BCUT2D eigenvalue weighted by Crippen LogP contribution is -2.25. The fourth-order valence-electron chi connectivity index (χ4n) is 0.619. The molecule has 0 radical (unpaired) electrons. The second kappa shape index (κ2) is 4.15. The first-order chi connectivity index (χ1) is 5.73. The van der Waals surface area contributed by atoms with Gasteiger partial charge in [0.15, 0.2) is 0 Å². The average Bonchev–Trinajstić information content (AvgIpc) is 1.82. The Morgan fingerprint density at radius 3 is 1.85 bits per heavy atom. The lowest BCUT2D eigenvalue weighted by molar-refractivity contribution is -0.171. The summed E-state index contributed by atoms with van der Waals surface area (Å²) in [6, 6.07) is 0. The monoisotopic (exact) mass is 196 g/mol. The van der Waals surface area contributed by atoms with Gasteiger partial charge in [-0.05, 0) is 6.92 Å². The van der Waals surface area contributed by atoms with Crippen molar-refractivity contribution in [1.29, 1.82) is 0 Å². The third kappa shape index (κ3) is 5.10. The van der Waals surface area contributed by atoms with E-state index in [9.17, 15) is 27.6 Å². The van der Waals surface area contributed by atoms with Crippen molar-refractivity contribution in [2.45, 2.75) is 25.9 Å². The van der Waals surface area contributed by atoms with Crippen LogP contribution in [0.2, 0.25) is 0 Å². The van der Waals surface area contributed by atoms with Crippen molar-refractivity contribution in [2.75, 3.05) is 0 Å². The lowest BCUT2D eigenvalue weighted by atomic mass is 10.1. The number of hydrogen-bond donors (Lipinski definition) is 0. The van der Waals surface area contributed by atoms with Crippen LogP contribution in [0, 0.1) is 0 Å². The molecule has 0 aliphatic carbocycles. The number of carbonyl (C=O) groups is 3. The zero-order valence-corrected chi connectivity index (χ0v) is 6.77. The molecule has 0 atom stereocenters. The number of carbonyl (C=O) groups excluding carboxylic acids is 3. The molecule has 0 amide bonds. The highest BCUT2D eigenvalue weighted by Gasteiger charge is 2.38. The van der Waals surface area contributed by atoms with Gasteiger partial charge in [-0.15, -0.1) is 0 Å². The first kappa shape index (κ1) is 11.8. The quantitative estimate of drug-likeness (QED) is 0.631. The van der Waals surface area contributed by atoms with Crippen LogP contribution in [-0.4, -0.2) is 23.5 Å². The molecule has 0 N–H and O–H groups in total. The Morgan fingerprint density at radius 2 is 1.54 bits per heavy atom. The fourth-order valence-corrected chi connectivity index (χ4v) is 0.619. The highest BCUT2D eigenvalue weighted by Crippen LogP contribution is 2.18. The van der Waals surface area contributed by atoms with Crippen LogP contribution in [0.1, 0.15) is 19.8 Å². The number of hydrogen-bond acceptors (Lipinski definition) is 3. The van der Waals surface area contributed by atoms with E-state index in [4.69, 9.17) is 0 Å². The maximum Gasteiger partial charge on any atom is 0.450 e. The van der Waals surface area contributed by atoms with E-state index >= 15 is 0 Å². The Bertz CT molecular complexity index is 242. The van der Waals surface area contributed by atoms with Crippen molar-refractivity contribution in [1.82, 2.24) is 0 Å². The smallest absolute Gasteiger partial charge is 0.300 e. The molecule has 3 nitrogen and oxygen atoms in total. The van der Waals surface area contributed by atoms with Gasteiger partial charge in [0, 0.05) is 0 Å². The molecule has 0 aromatic rings. The molecule has 0 aromatic heterocycles. The number of ketones is 3. The molecule has 0 aliphatic heterocycles. The van der Waals surface area contributed by atoms with Gasteiger partial charge in [-0.25, -0.2) is 0 Å². The summed E-state index contributed by atoms with van der Waals surface area (Å²) >= 11 is 0. The number of rotatable bonds is 4. The van der Waals surface area contributed by atoms with E-state index in [0.29, 0.717) is 0 Å². The van der Waals surface area contributed by atoms with Gasteiger partial charge in [-0.1, -0.05) is 0 Å². The molecule has 13 heavy (non-hydrogen) atoms. The van der Waals surface area contributed by atoms with Gasteiger partial charge in [0.05, 0.1) is 12.8 Å². The van der Waals surface area contributed by atoms with Crippen molar-refractivity contribution in [2.24, 2.45) is 0 Å². The van der Waals surface area contributed by atoms with E-state index in [1.165, 1.54) is 0 Å². The Labute approximate surface area is 71.9 Å². The van der Waals surface area contributed by atoms with Crippen molar-refractivity contribution in [3.8, 4) is 0 Å². The summed E-state index contributed by atoms with van der Waals surface area (Å²) < 4.78 is 34.7. The Morgan fingerprint density at radius 1 is 1.08 bits per heavy atom. The standard InChI is InChI=1S/C7H7F3O3/c1-4(11)2-5(12)3-6(13)7(8,9)10/h2-3H2,1H3. The van der Waals surface area contributed by atoms with Crippen LogP contribution in [0.15, 0.2) is 0 Å². The molecule has 0 aromatic carbocycles. The van der Waals surface area contributed by atoms with E-state index in [1.54, 1.807) is 0 Å². The van der Waals surface area contributed by atoms with Gasteiger partial charge in [0.1, 0.15) is 11.6 Å². The Balaban J connectivity index is 4.08. The average molecular weight is 196 g/mol. The van der Waals surface area contributed by atoms with Crippen molar-refractivity contribution in [3.63, 3.8) is 0 Å². The molecule has 0 heterocycles. The van der Waals surface area contributed by atoms with E-state index in [2.05, 4.69) is 0 Å². The minimum Gasteiger partial charge on any atom is -0.300 e. The summed E-state index contributed by atoms with van der Waals surface area (Å²) in [5.74, 6) is -3.67. The second-order valence-electron chi connectivity index (χ2n) is 2.52. The Hall–Kier alpha value is -1.20. The van der Waals surface area contributed by atoms with Crippen LogP contribution in [0.25, 0.3) is 0 Å². The summed E-state index contributed by atoms with van der Waals surface area (Å²) in [6.45, 7) is 1.07. The molecular weight excluding hydrogens is 189 g/mol. The molecular formula is C7H7F3O3. The maximum atomic E-state index is 11.6. The zero-order chi connectivity index (χ0) is 10.6. The second-order valence-corrected chi connectivity index (χ2v) is 2.52. The first-order valence-corrected chi connectivity index (χ1v) is 3.34. The zero-order valence-electron chi connectivity index (χ0n) is 6.77. The molecule has 0 fully saturated rings. The molecule has 74 valence electrons. The van der Waals surface area contributed by atoms with Crippen LogP contribution >= 0.6 is 0 Å². The molecule has 0 bridgehead atoms. The van der Waals surface area contributed by atoms with Gasteiger partial charge in [-0.2, -0.15) is 13.2 Å². The van der Waals surface area contributed by atoms with Gasteiger partial charge in [-0.3, -0.25) is 14.4 Å². The largest absolute Gasteiger partial charge is 0.450 e. The minimum atomic E-state index is -4.99.